The molecule has 0 saturated carbocycles. The van der Waals surface area contributed by atoms with E-state index >= 15 is 0 Å². The molecule has 0 radical (unpaired) electrons. The largest absolute Gasteiger partial charge is 0.468 e. The molecule has 2 aliphatic rings. The third kappa shape index (κ3) is 5.20. The smallest absolute Gasteiger partial charge is 0.251 e. The van der Waals surface area contributed by atoms with Crippen molar-refractivity contribution < 1.29 is 17.6 Å². The molecule has 0 aliphatic carbocycles. The van der Waals surface area contributed by atoms with Crippen LogP contribution in [-0.4, -0.2) is 56.3 Å². The number of furan rings is 1. The first kappa shape index (κ1) is 23.3. The Morgan fingerprint density at radius 2 is 1.72 bits per heavy atom. The molecule has 7 nitrogen and oxygen atoms in total. The fourth-order valence-electron chi connectivity index (χ4n) is 4.50. The molecule has 1 atom stereocenters. The van der Waals surface area contributed by atoms with Gasteiger partial charge in [-0.05, 0) is 69.1 Å². The zero-order chi connectivity index (χ0) is 22.6. The van der Waals surface area contributed by atoms with Gasteiger partial charge in [0.2, 0.25) is 10.0 Å². The Morgan fingerprint density at radius 1 is 1.03 bits per heavy atom. The van der Waals surface area contributed by atoms with Crippen LogP contribution in [0.3, 0.4) is 0 Å². The van der Waals surface area contributed by atoms with Crippen LogP contribution in [0.2, 0.25) is 5.02 Å². The van der Waals surface area contributed by atoms with Crippen molar-refractivity contribution in [2.24, 2.45) is 0 Å². The molecule has 174 valence electrons. The molecule has 1 aromatic heterocycles. The van der Waals surface area contributed by atoms with Crippen molar-refractivity contribution in [2.75, 3.05) is 32.7 Å². The Balaban J connectivity index is 1.50. The standard InChI is InChI=1S/C23H30ClN3O4S/c24-19-10-9-18(16-22(19)32(29,30)27-13-3-1-2-4-14-27)23(28)25-17-20(21-8-7-15-31-21)26-11-5-6-12-26/h7-10,15-16,20H,1-6,11-14,17H2,(H,25,28). The number of nitrogens with one attached hydrogen (secondary N) is 1. The molecule has 1 unspecified atom stereocenters. The van der Waals surface area contributed by atoms with Crippen LogP contribution in [0.1, 0.15) is 60.7 Å². The normalized spacial score (nSPS) is 19.5. The minimum absolute atomic E-state index is 0.00385. The van der Waals surface area contributed by atoms with Gasteiger partial charge in [0.15, 0.2) is 0 Å². The minimum Gasteiger partial charge on any atom is -0.468 e. The van der Waals surface area contributed by atoms with Gasteiger partial charge in [-0.25, -0.2) is 8.42 Å². The molecule has 1 N–H and O–H groups in total. The second kappa shape index (κ2) is 10.4. The number of hydrogen-bond donors (Lipinski definition) is 1. The highest BCUT2D eigenvalue weighted by Gasteiger charge is 2.29. The number of carbonyl (C=O) groups excluding carboxylic acids is 1. The molecule has 0 spiro atoms. The summed E-state index contributed by atoms with van der Waals surface area (Å²) in [6, 6.07) is 8.17. The lowest BCUT2D eigenvalue weighted by atomic mass is 10.1. The van der Waals surface area contributed by atoms with E-state index in [0.29, 0.717) is 19.6 Å². The van der Waals surface area contributed by atoms with Crippen molar-refractivity contribution in [3.05, 3.63) is 52.9 Å². The average molecular weight is 480 g/mol. The molecule has 2 aromatic rings. The first-order chi connectivity index (χ1) is 15.5. The second-order valence-corrected chi connectivity index (χ2v) is 10.8. The number of amides is 1. The third-order valence-electron chi connectivity index (χ3n) is 6.29. The number of carbonyl (C=O) groups is 1. The molecule has 2 fully saturated rings. The topological polar surface area (TPSA) is 82.9 Å². The van der Waals surface area contributed by atoms with E-state index < -0.39 is 10.0 Å². The van der Waals surface area contributed by atoms with Crippen LogP contribution in [0.4, 0.5) is 0 Å². The number of sulfonamides is 1. The monoisotopic (exact) mass is 479 g/mol. The van der Waals surface area contributed by atoms with Crippen LogP contribution in [0.25, 0.3) is 0 Å². The predicted octanol–water partition coefficient (Wildman–Crippen LogP) is 4.06. The van der Waals surface area contributed by atoms with Crippen LogP contribution >= 0.6 is 11.6 Å². The minimum atomic E-state index is -3.75. The van der Waals surface area contributed by atoms with E-state index in [1.54, 1.807) is 12.3 Å². The molecule has 3 heterocycles. The number of rotatable bonds is 7. The van der Waals surface area contributed by atoms with Gasteiger partial charge in [0, 0.05) is 25.2 Å². The number of hydrogen-bond acceptors (Lipinski definition) is 5. The van der Waals surface area contributed by atoms with E-state index in [-0.39, 0.29) is 27.4 Å². The van der Waals surface area contributed by atoms with Gasteiger partial charge in [0.1, 0.15) is 10.7 Å². The molecule has 1 amide bonds. The molecule has 2 saturated heterocycles. The molecule has 1 aromatic carbocycles. The first-order valence-corrected chi connectivity index (χ1v) is 13.1. The summed E-state index contributed by atoms with van der Waals surface area (Å²) in [6.45, 7) is 3.26. The molecule has 0 bridgehead atoms. The van der Waals surface area contributed by atoms with Crippen molar-refractivity contribution in [1.29, 1.82) is 0 Å². The van der Waals surface area contributed by atoms with Crippen molar-refractivity contribution >= 4 is 27.5 Å². The van der Waals surface area contributed by atoms with E-state index in [2.05, 4.69) is 10.2 Å². The molecule has 2 aliphatic heterocycles. The molecular formula is C23H30ClN3O4S. The average Bonchev–Trinajstić information content (AvgIpc) is 3.44. The maximum absolute atomic E-state index is 13.2. The van der Waals surface area contributed by atoms with E-state index in [9.17, 15) is 13.2 Å². The Labute approximate surface area is 194 Å². The zero-order valence-electron chi connectivity index (χ0n) is 18.1. The van der Waals surface area contributed by atoms with Crippen molar-refractivity contribution in [3.8, 4) is 0 Å². The lowest BCUT2D eigenvalue weighted by Crippen LogP contribution is -2.36. The molecule has 32 heavy (non-hydrogen) atoms. The number of nitrogens with zero attached hydrogens (tertiary/aromatic N) is 2. The van der Waals surface area contributed by atoms with E-state index in [1.807, 2.05) is 12.1 Å². The summed E-state index contributed by atoms with van der Waals surface area (Å²) in [7, 11) is -3.75. The third-order valence-corrected chi connectivity index (χ3v) is 8.67. The van der Waals surface area contributed by atoms with Crippen LogP contribution in [0.5, 0.6) is 0 Å². The number of likely N-dealkylation sites (tertiary alicyclic amines) is 1. The second-order valence-electron chi connectivity index (χ2n) is 8.45. The molecule has 9 heteroatoms. The lowest BCUT2D eigenvalue weighted by Gasteiger charge is -2.26. The zero-order valence-corrected chi connectivity index (χ0v) is 19.7. The van der Waals surface area contributed by atoms with Gasteiger partial charge in [0.25, 0.3) is 5.91 Å². The quantitative estimate of drug-likeness (QED) is 0.647. The van der Waals surface area contributed by atoms with E-state index in [4.69, 9.17) is 16.0 Å². The molecular weight excluding hydrogens is 450 g/mol. The first-order valence-electron chi connectivity index (χ1n) is 11.3. The Hall–Kier alpha value is -1.87. The Bertz CT molecular complexity index is 1010. The highest BCUT2D eigenvalue weighted by atomic mass is 35.5. The van der Waals surface area contributed by atoms with Gasteiger partial charge in [-0.3, -0.25) is 9.69 Å². The lowest BCUT2D eigenvalue weighted by molar-refractivity contribution is 0.0933. The van der Waals surface area contributed by atoms with Gasteiger partial charge in [-0.15, -0.1) is 0 Å². The van der Waals surface area contributed by atoms with Crippen LogP contribution in [0, 0.1) is 0 Å². The summed E-state index contributed by atoms with van der Waals surface area (Å²) in [4.78, 5) is 15.2. The fourth-order valence-corrected chi connectivity index (χ4v) is 6.52. The van der Waals surface area contributed by atoms with Crippen molar-refractivity contribution in [1.82, 2.24) is 14.5 Å². The highest BCUT2D eigenvalue weighted by Crippen LogP contribution is 2.28. The Kier molecular flexibility index (Phi) is 7.55. The maximum atomic E-state index is 13.2. The summed E-state index contributed by atoms with van der Waals surface area (Å²) in [5.41, 5.74) is 0.280. The van der Waals surface area contributed by atoms with Gasteiger partial charge in [-0.2, -0.15) is 4.31 Å². The summed E-state index contributed by atoms with van der Waals surface area (Å²) in [5.74, 6) is 0.484. The van der Waals surface area contributed by atoms with Crippen LogP contribution in [-0.2, 0) is 10.0 Å². The number of benzene rings is 1. The van der Waals surface area contributed by atoms with Crippen molar-refractivity contribution in [2.45, 2.75) is 49.5 Å². The maximum Gasteiger partial charge on any atom is 0.251 e. The summed E-state index contributed by atoms with van der Waals surface area (Å²) < 4.78 is 33.5. The van der Waals surface area contributed by atoms with Gasteiger partial charge >= 0.3 is 0 Å². The predicted molar refractivity (Wildman–Crippen MR) is 123 cm³/mol. The van der Waals surface area contributed by atoms with Gasteiger partial charge in [0.05, 0.1) is 17.3 Å². The highest BCUT2D eigenvalue weighted by molar-refractivity contribution is 7.89. The van der Waals surface area contributed by atoms with Gasteiger partial charge in [-0.1, -0.05) is 24.4 Å². The van der Waals surface area contributed by atoms with Crippen molar-refractivity contribution in [3.63, 3.8) is 0 Å². The fraction of sp³-hybridized carbons (Fsp3) is 0.522. The summed E-state index contributed by atoms with van der Waals surface area (Å²) >= 11 is 6.27. The van der Waals surface area contributed by atoms with Crippen LogP contribution in [0.15, 0.2) is 45.9 Å². The number of halogens is 1. The molecule has 4 rings (SSSR count). The van der Waals surface area contributed by atoms with E-state index in [1.165, 1.54) is 16.4 Å². The summed E-state index contributed by atoms with van der Waals surface area (Å²) in [6.07, 6.45) is 7.61. The van der Waals surface area contributed by atoms with Gasteiger partial charge < -0.3 is 9.73 Å². The summed E-state index contributed by atoms with van der Waals surface area (Å²) in [5, 5.41) is 3.10. The Morgan fingerprint density at radius 3 is 2.38 bits per heavy atom. The van der Waals surface area contributed by atoms with Crippen LogP contribution < -0.4 is 5.32 Å². The van der Waals surface area contributed by atoms with E-state index in [0.717, 1.165) is 57.4 Å². The SMILES string of the molecule is O=C(NCC(c1ccco1)N1CCCC1)c1ccc(Cl)c(S(=O)(=O)N2CCCCCC2)c1.